The van der Waals surface area contributed by atoms with Crippen molar-refractivity contribution in [2.75, 3.05) is 26.2 Å². The highest BCUT2D eigenvalue weighted by Crippen LogP contribution is 2.32. The Morgan fingerprint density at radius 2 is 1.82 bits per heavy atom. The van der Waals surface area contributed by atoms with Gasteiger partial charge in [-0.2, -0.15) is 0 Å². The van der Waals surface area contributed by atoms with Crippen molar-refractivity contribution in [3.05, 3.63) is 65.6 Å². The molecular formula is C27H30N4O3. The van der Waals surface area contributed by atoms with Crippen LogP contribution in [0.15, 0.2) is 48.9 Å². The molecule has 2 saturated heterocycles. The van der Waals surface area contributed by atoms with Crippen molar-refractivity contribution in [2.45, 2.75) is 32.6 Å². The number of aromatic hydroxyl groups is 1. The molecule has 2 atom stereocenters. The molecule has 2 aliphatic heterocycles. The second kappa shape index (κ2) is 9.41. The molecule has 0 saturated carbocycles. The number of pyridine rings is 2. The summed E-state index contributed by atoms with van der Waals surface area (Å²) in [7, 11) is 0. The highest BCUT2D eigenvalue weighted by atomic mass is 16.3. The Labute approximate surface area is 199 Å². The number of amides is 2. The summed E-state index contributed by atoms with van der Waals surface area (Å²) in [4.78, 5) is 38.6. The number of aromatic nitrogens is 2. The van der Waals surface area contributed by atoms with Gasteiger partial charge in [-0.25, -0.2) is 0 Å². The summed E-state index contributed by atoms with van der Waals surface area (Å²) in [6.07, 6.45) is 8.64. The number of carbonyl (C=O) groups is 2. The smallest absolute Gasteiger partial charge is 0.255 e. The summed E-state index contributed by atoms with van der Waals surface area (Å²) >= 11 is 0. The first-order valence-electron chi connectivity index (χ1n) is 12.0. The van der Waals surface area contributed by atoms with Crippen LogP contribution in [0, 0.1) is 18.8 Å². The lowest BCUT2D eigenvalue weighted by Crippen LogP contribution is -2.43. The van der Waals surface area contributed by atoms with Crippen LogP contribution in [-0.4, -0.2) is 62.9 Å². The highest BCUT2D eigenvalue weighted by molar-refractivity contribution is 5.97. The van der Waals surface area contributed by atoms with Crippen LogP contribution in [0.5, 0.6) is 5.75 Å². The number of hydrogen-bond acceptors (Lipinski definition) is 5. The SMILES string of the molecule is Cc1cncc(CC(=O)N2CCCC(C3CCN(C(=O)c4cnc5cc(O)ccc5c4)C3)C2)c1. The molecule has 5 rings (SSSR count). The summed E-state index contributed by atoms with van der Waals surface area (Å²) in [6.45, 7) is 5.02. The average Bonchev–Trinajstić information content (AvgIpc) is 3.34. The molecule has 0 bridgehead atoms. The van der Waals surface area contributed by atoms with Crippen LogP contribution in [0.4, 0.5) is 0 Å². The van der Waals surface area contributed by atoms with Crippen molar-refractivity contribution in [3.63, 3.8) is 0 Å². The van der Waals surface area contributed by atoms with Crippen molar-refractivity contribution in [2.24, 2.45) is 11.8 Å². The van der Waals surface area contributed by atoms with Gasteiger partial charge in [0.05, 0.1) is 17.5 Å². The van der Waals surface area contributed by atoms with Gasteiger partial charge < -0.3 is 14.9 Å². The molecule has 1 N–H and O–H groups in total. The van der Waals surface area contributed by atoms with Crippen LogP contribution in [0.1, 0.15) is 40.7 Å². The van der Waals surface area contributed by atoms with Crippen molar-refractivity contribution < 1.29 is 14.7 Å². The predicted octanol–water partition coefficient (Wildman–Crippen LogP) is 3.59. The van der Waals surface area contributed by atoms with E-state index in [9.17, 15) is 14.7 Å². The summed E-state index contributed by atoms with van der Waals surface area (Å²) in [6, 6.07) is 8.86. The van der Waals surface area contributed by atoms with Crippen LogP contribution >= 0.6 is 0 Å². The van der Waals surface area contributed by atoms with E-state index in [1.807, 2.05) is 28.9 Å². The van der Waals surface area contributed by atoms with E-state index in [2.05, 4.69) is 9.97 Å². The molecule has 2 aromatic heterocycles. The molecule has 7 nitrogen and oxygen atoms in total. The van der Waals surface area contributed by atoms with Crippen LogP contribution in [0.25, 0.3) is 10.9 Å². The molecule has 176 valence electrons. The molecule has 2 unspecified atom stereocenters. The van der Waals surface area contributed by atoms with Gasteiger partial charge in [0, 0.05) is 56.2 Å². The first kappa shape index (κ1) is 22.3. The number of carbonyl (C=O) groups excluding carboxylic acids is 2. The van der Waals surface area contributed by atoms with Gasteiger partial charge in [0.15, 0.2) is 0 Å². The maximum Gasteiger partial charge on any atom is 0.255 e. The third-order valence-corrected chi connectivity index (χ3v) is 7.19. The van der Waals surface area contributed by atoms with Gasteiger partial charge in [-0.05, 0) is 67.3 Å². The lowest BCUT2D eigenvalue weighted by Gasteiger charge is -2.36. The Morgan fingerprint density at radius 3 is 2.68 bits per heavy atom. The lowest BCUT2D eigenvalue weighted by atomic mass is 9.84. The fourth-order valence-corrected chi connectivity index (χ4v) is 5.39. The minimum absolute atomic E-state index is 0.000615. The number of benzene rings is 1. The molecule has 1 aromatic carbocycles. The van der Waals surface area contributed by atoms with E-state index >= 15 is 0 Å². The molecule has 2 amide bonds. The van der Waals surface area contributed by atoms with Gasteiger partial charge in [0.2, 0.25) is 5.91 Å². The fraction of sp³-hybridized carbons (Fsp3) is 0.407. The Kier molecular flexibility index (Phi) is 6.18. The summed E-state index contributed by atoms with van der Waals surface area (Å²) in [5.74, 6) is 1.16. The van der Waals surface area contributed by atoms with Gasteiger partial charge in [-0.15, -0.1) is 0 Å². The number of phenols is 1. The van der Waals surface area contributed by atoms with Crippen LogP contribution < -0.4 is 0 Å². The Morgan fingerprint density at radius 1 is 1.00 bits per heavy atom. The molecule has 0 spiro atoms. The summed E-state index contributed by atoms with van der Waals surface area (Å²) in [5, 5.41) is 10.5. The molecule has 3 aromatic rings. The van der Waals surface area contributed by atoms with Gasteiger partial charge in [0.1, 0.15) is 5.75 Å². The quantitative estimate of drug-likeness (QED) is 0.646. The second-order valence-electron chi connectivity index (χ2n) is 9.69. The number of phenolic OH excluding ortho intramolecular Hbond substituents is 1. The molecular weight excluding hydrogens is 428 g/mol. The first-order valence-corrected chi connectivity index (χ1v) is 12.0. The highest BCUT2D eigenvalue weighted by Gasteiger charge is 2.35. The number of aryl methyl sites for hydroxylation is 1. The Balaban J connectivity index is 1.20. The van der Waals surface area contributed by atoms with E-state index in [1.165, 1.54) is 0 Å². The maximum absolute atomic E-state index is 13.2. The zero-order valence-corrected chi connectivity index (χ0v) is 19.5. The third-order valence-electron chi connectivity index (χ3n) is 7.19. The molecule has 2 fully saturated rings. The van der Waals surface area contributed by atoms with Gasteiger partial charge in [-0.3, -0.25) is 19.6 Å². The van der Waals surface area contributed by atoms with Crippen LogP contribution in [0.2, 0.25) is 0 Å². The zero-order valence-electron chi connectivity index (χ0n) is 19.5. The van der Waals surface area contributed by atoms with Crippen LogP contribution in [0.3, 0.4) is 0 Å². The van der Waals surface area contributed by atoms with E-state index in [-0.39, 0.29) is 17.6 Å². The maximum atomic E-state index is 13.2. The minimum atomic E-state index is 0.000615. The van der Waals surface area contributed by atoms with Crippen molar-refractivity contribution >= 4 is 22.7 Å². The van der Waals surface area contributed by atoms with Crippen LogP contribution in [-0.2, 0) is 11.2 Å². The Hall–Kier alpha value is -3.48. The normalized spacial score (nSPS) is 20.6. The monoisotopic (exact) mass is 458 g/mol. The number of hydrogen-bond donors (Lipinski definition) is 1. The second-order valence-corrected chi connectivity index (χ2v) is 9.69. The molecule has 2 aliphatic rings. The standard InChI is InChI=1S/C27H30N4O3/c1-18-9-19(14-28-13-18)10-26(33)30-7-2-3-21(16-30)22-6-8-31(17-22)27(34)23-11-20-4-5-24(32)12-25(20)29-15-23/h4-5,9,11-15,21-22,32H,2-3,6-8,10,16-17H2,1H3. The number of nitrogens with zero attached hydrogens (tertiary/aromatic N) is 4. The van der Waals surface area contributed by atoms with Crippen molar-refractivity contribution in [1.82, 2.24) is 19.8 Å². The van der Waals surface area contributed by atoms with Gasteiger partial charge in [-0.1, -0.05) is 6.07 Å². The topological polar surface area (TPSA) is 86.6 Å². The summed E-state index contributed by atoms with van der Waals surface area (Å²) in [5.41, 5.74) is 3.27. The van der Waals surface area contributed by atoms with Crippen molar-refractivity contribution in [1.29, 1.82) is 0 Å². The zero-order chi connectivity index (χ0) is 23.7. The number of fused-ring (bicyclic) bond motifs is 1. The van der Waals surface area contributed by atoms with E-state index in [0.717, 1.165) is 62.0 Å². The molecule has 4 heterocycles. The molecule has 0 aliphatic carbocycles. The van der Waals surface area contributed by atoms with E-state index in [0.29, 0.717) is 29.3 Å². The first-order chi connectivity index (χ1) is 16.5. The third kappa shape index (κ3) is 4.74. The van der Waals surface area contributed by atoms with E-state index < -0.39 is 0 Å². The lowest BCUT2D eigenvalue weighted by molar-refractivity contribution is -0.132. The molecule has 7 heteroatoms. The molecule has 0 radical (unpaired) electrons. The minimum Gasteiger partial charge on any atom is -0.508 e. The van der Waals surface area contributed by atoms with E-state index in [4.69, 9.17) is 0 Å². The molecule has 34 heavy (non-hydrogen) atoms. The number of piperidine rings is 1. The number of rotatable bonds is 4. The average molecular weight is 459 g/mol. The van der Waals surface area contributed by atoms with Crippen molar-refractivity contribution in [3.8, 4) is 5.75 Å². The van der Waals surface area contributed by atoms with Gasteiger partial charge in [0.25, 0.3) is 5.91 Å². The predicted molar refractivity (Wildman–Crippen MR) is 129 cm³/mol. The van der Waals surface area contributed by atoms with E-state index in [1.54, 1.807) is 36.8 Å². The summed E-state index contributed by atoms with van der Waals surface area (Å²) < 4.78 is 0. The van der Waals surface area contributed by atoms with Gasteiger partial charge >= 0.3 is 0 Å². The fourth-order valence-electron chi connectivity index (χ4n) is 5.39. The largest absolute Gasteiger partial charge is 0.508 e. The number of likely N-dealkylation sites (tertiary alicyclic amines) is 2. The Bertz CT molecular complexity index is 1230.